The molecule has 4 atom stereocenters. The minimum atomic E-state index is 0.491. The summed E-state index contributed by atoms with van der Waals surface area (Å²) in [7, 11) is 0. The highest BCUT2D eigenvalue weighted by molar-refractivity contribution is 7.80. The third-order valence-corrected chi connectivity index (χ3v) is 5.78. The van der Waals surface area contributed by atoms with E-state index in [1.807, 2.05) is 6.07 Å². The van der Waals surface area contributed by atoms with E-state index in [1.165, 1.54) is 30.5 Å². The molecule has 0 saturated heterocycles. The number of nitrogens with two attached hydrogens (primary N) is 1. The number of hydrogen-bond donors (Lipinski definition) is 2. The van der Waals surface area contributed by atoms with Gasteiger partial charge in [-0.25, -0.2) is 0 Å². The van der Waals surface area contributed by atoms with Crippen LogP contribution in [-0.2, 0) is 0 Å². The number of rotatable bonds is 3. The molecule has 100 valence electrons. The number of thiocarbonyl (C=S) groups is 1. The summed E-state index contributed by atoms with van der Waals surface area (Å²) >= 11 is 5.05. The second kappa shape index (κ2) is 3.95. The van der Waals surface area contributed by atoms with Gasteiger partial charge in [-0.3, -0.25) is 0 Å². The molecule has 0 amide bonds. The molecule has 0 spiro atoms. The lowest BCUT2D eigenvalue weighted by molar-refractivity contribution is 0.456. The summed E-state index contributed by atoms with van der Waals surface area (Å²) in [5.74, 6) is 3.97. The molecule has 1 aromatic carbocycles. The fraction of sp³-hybridized carbons (Fsp3) is 0.562. The summed E-state index contributed by atoms with van der Waals surface area (Å²) in [6.45, 7) is 2.08. The van der Waals surface area contributed by atoms with E-state index >= 15 is 0 Å². The number of hydrogen-bond acceptors (Lipinski definition) is 2. The zero-order valence-corrected chi connectivity index (χ0v) is 12.0. The Morgan fingerprint density at radius 2 is 1.95 bits per heavy atom. The van der Waals surface area contributed by atoms with Crippen LogP contribution in [0.2, 0.25) is 0 Å². The van der Waals surface area contributed by atoms with Gasteiger partial charge in [-0.2, -0.15) is 0 Å². The van der Waals surface area contributed by atoms with Gasteiger partial charge in [0.25, 0.3) is 0 Å². The van der Waals surface area contributed by atoms with Crippen molar-refractivity contribution in [3.8, 4) is 0 Å². The maximum absolute atomic E-state index is 5.71. The lowest BCUT2D eigenvalue weighted by atomic mass is 10.0. The van der Waals surface area contributed by atoms with Crippen molar-refractivity contribution in [2.75, 3.05) is 5.32 Å². The normalized spacial score (nSPS) is 38.1. The average molecular weight is 272 g/mol. The molecule has 3 aliphatic carbocycles. The van der Waals surface area contributed by atoms with Crippen LogP contribution < -0.4 is 11.1 Å². The van der Waals surface area contributed by atoms with Crippen LogP contribution in [0.15, 0.2) is 18.2 Å². The van der Waals surface area contributed by atoms with E-state index in [-0.39, 0.29) is 0 Å². The Morgan fingerprint density at radius 3 is 2.53 bits per heavy atom. The van der Waals surface area contributed by atoms with Gasteiger partial charge in [-0.05, 0) is 73.6 Å². The molecule has 4 rings (SSSR count). The van der Waals surface area contributed by atoms with E-state index in [1.54, 1.807) is 0 Å². The molecule has 3 aliphatic rings. The SMILES string of the molecule is Cc1cc(NC2C3C4CCC(C4)C23)ccc1C(N)=S. The predicted molar refractivity (Wildman–Crippen MR) is 82.3 cm³/mol. The van der Waals surface area contributed by atoms with E-state index in [0.717, 1.165) is 35.3 Å². The molecule has 0 radical (unpaired) electrons. The van der Waals surface area contributed by atoms with E-state index in [4.69, 9.17) is 18.0 Å². The number of fused-ring (bicyclic) bond motifs is 5. The zero-order valence-electron chi connectivity index (χ0n) is 11.2. The summed E-state index contributed by atoms with van der Waals surface area (Å²) in [5.41, 5.74) is 9.11. The minimum Gasteiger partial charge on any atom is -0.389 e. The third-order valence-electron chi connectivity index (χ3n) is 5.56. The van der Waals surface area contributed by atoms with Gasteiger partial charge in [0.2, 0.25) is 0 Å². The topological polar surface area (TPSA) is 38.0 Å². The highest BCUT2D eigenvalue weighted by Crippen LogP contribution is 2.66. The Kier molecular flexibility index (Phi) is 2.44. The lowest BCUT2D eigenvalue weighted by Crippen LogP contribution is -2.14. The Morgan fingerprint density at radius 1 is 1.26 bits per heavy atom. The first-order valence-electron chi connectivity index (χ1n) is 7.32. The summed E-state index contributed by atoms with van der Waals surface area (Å²) in [6.07, 6.45) is 4.46. The van der Waals surface area contributed by atoms with Gasteiger partial charge in [0, 0.05) is 17.3 Å². The molecule has 3 saturated carbocycles. The van der Waals surface area contributed by atoms with Gasteiger partial charge < -0.3 is 11.1 Å². The Balaban J connectivity index is 1.50. The fourth-order valence-corrected chi connectivity index (χ4v) is 4.97. The molecule has 3 heteroatoms. The second-order valence-electron chi connectivity index (χ2n) is 6.55. The van der Waals surface area contributed by atoms with Crippen molar-refractivity contribution in [1.29, 1.82) is 0 Å². The molecule has 3 fully saturated rings. The Labute approximate surface area is 119 Å². The van der Waals surface area contributed by atoms with Crippen LogP contribution in [-0.4, -0.2) is 11.0 Å². The van der Waals surface area contributed by atoms with E-state index < -0.39 is 0 Å². The van der Waals surface area contributed by atoms with E-state index in [0.29, 0.717) is 4.99 Å². The molecule has 0 aliphatic heterocycles. The fourth-order valence-electron chi connectivity index (χ4n) is 4.74. The van der Waals surface area contributed by atoms with Crippen molar-refractivity contribution in [2.24, 2.45) is 29.4 Å². The van der Waals surface area contributed by atoms with Crippen LogP contribution in [0.3, 0.4) is 0 Å². The molecule has 0 heterocycles. The van der Waals surface area contributed by atoms with Crippen LogP contribution in [0.25, 0.3) is 0 Å². The van der Waals surface area contributed by atoms with Crippen LogP contribution in [0.5, 0.6) is 0 Å². The predicted octanol–water partition coefficient (Wildman–Crippen LogP) is 3.09. The average Bonchev–Trinajstić information content (AvgIpc) is 2.78. The standard InChI is InChI=1S/C16H20N2S/c1-8-6-11(4-5-12(8)16(17)19)18-15-13-9-2-3-10(7-9)14(13)15/h4-6,9-10,13-15,18H,2-3,7H2,1H3,(H2,17,19). The summed E-state index contributed by atoms with van der Waals surface area (Å²) in [4.78, 5) is 0.491. The lowest BCUT2D eigenvalue weighted by Gasteiger charge is -2.13. The highest BCUT2D eigenvalue weighted by Gasteiger charge is 2.64. The van der Waals surface area contributed by atoms with Crippen molar-refractivity contribution in [1.82, 2.24) is 0 Å². The van der Waals surface area contributed by atoms with Gasteiger partial charge in [-0.1, -0.05) is 12.2 Å². The molecular weight excluding hydrogens is 252 g/mol. The van der Waals surface area contributed by atoms with Gasteiger partial charge in [0.15, 0.2) is 0 Å². The van der Waals surface area contributed by atoms with Crippen molar-refractivity contribution in [2.45, 2.75) is 32.2 Å². The first kappa shape index (κ1) is 11.7. The van der Waals surface area contributed by atoms with Crippen molar-refractivity contribution >= 4 is 22.9 Å². The molecule has 19 heavy (non-hydrogen) atoms. The van der Waals surface area contributed by atoms with Gasteiger partial charge in [-0.15, -0.1) is 0 Å². The number of benzene rings is 1. The zero-order chi connectivity index (χ0) is 13.1. The molecule has 2 bridgehead atoms. The Hall–Kier alpha value is -1.09. The molecule has 3 N–H and O–H groups in total. The quantitative estimate of drug-likeness (QED) is 0.830. The number of anilines is 1. The third kappa shape index (κ3) is 1.71. The summed E-state index contributed by atoms with van der Waals surface area (Å²) < 4.78 is 0. The first-order chi connectivity index (χ1) is 9.15. The van der Waals surface area contributed by atoms with Crippen LogP contribution >= 0.6 is 12.2 Å². The minimum absolute atomic E-state index is 0.491. The maximum Gasteiger partial charge on any atom is 0.104 e. The molecule has 1 aromatic rings. The largest absolute Gasteiger partial charge is 0.389 e. The van der Waals surface area contributed by atoms with Gasteiger partial charge >= 0.3 is 0 Å². The number of aryl methyl sites for hydroxylation is 1. The Bertz CT molecular complexity index is 538. The van der Waals surface area contributed by atoms with Gasteiger partial charge in [0.1, 0.15) is 4.99 Å². The monoisotopic (exact) mass is 272 g/mol. The van der Waals surface area contributed by atoms with E-state index in [2.05, 4.69) is 24.4 Å². The molecule has 4 unspecified atom stereocenters. The number of nitrogens with one attached hydrogen (secondary N) is 1. The van der Waals surface area contributed by atoms with Crippen LogP contribution in [0, 0.1) is 30.6 Å². The molecule has 2 nitrogen and oxygen atoms in total. The summed E-state index contributed by atoms with van der Waals surface area (Å²) in [6, 6.07) is 7.09. The maximum atomic E-state index is 5.71. The van der Waals surface area contributed by atoms with Crippen molar-refractivity contribution in [3.63, 3.8) is 0 Å². The molecular formula is C16H20N2S. The first-order valence-corrected chi connectivity index (χ1v) is 7.73. The summed E-state index contributed by atoms with van der Waals surface area (Å²) in [5, 5.41) is 3.74. The van der Waals surface area contributed by atoms with Crippen LogP contribution in [0.1, 0.15) is 30.4 Å². The second-order valence-corrected chi connectivity index (χ2v) is 6.99. The van der Waals surface area contributed by atoms with E-state index in [9.17, 15) is 0 Å². The van der Waals surface area contributed by atoms with Crippen LogP contribution in [0.4, 0.5) is 5.69 Å². The smallest absolute Gasteiger partial charge is 0.104 e. The van der Waals surface area contributed by atoms with Gasteiger partial charge in [0.05, 0.1) is 0 Å². The molecule has 0 aromatic heterocycles. The van der Waals surface area contributed by atoms with Crippen molar-refractivity contribution < 1.29 is 0 Å². The van der Waals surface area contributed by atoms with Crippen molar-refractivity contribution in [3.05, 3.63) is 29.3 Å². The highest BCUT2D eigenvalue weighted by atomic mass is 32.1.